The minimum atomic E-state index is -2.25. The van der Waals surface area contributed by atoms with Crippen LogP contribution < -0.4 is 0 Å². The highest BCUT2D eigenvalue weighted by Crippen LogP contribution is 2.25. The Hall–Kier alpha value is -2.30. The summed E-state index contributed by atoms with van der Waals surface area (Å²) in [5.74, 6) is 0. The number of rotatable bonds is 3. The van der Waals surface area contributed by atoms with Gasteiger partial charge in [-0.05, 0) is 0 Å². The third-order valence-electron chi connectivity index (χ3n) is 1.99. The van der Waals surface area contributed by atoms with Crippen molar-refractivity contribution in [3.05, 3.63) is 30.3 Å². The van der Waals surface area contributed by atoms with Crippen molar-refractivity contribution in [3.63, 3.8) is 0 Å². The third kappa shape index (κ3) is 3.35. The van der Waals surface area contributed by atoms with Crippen molar-refractivity contribution in [2.75, 3.05) is 25.9 Å². The molecule has 0 aromatic carbocycles. The first kappa shape index (κ1) is 13.8. The Kier molecular flexibility index (Phi) is 4.09. The van der Waals surface area contributed by atoms with Gasteiger partial charge in [-0.2, -0.15) is 0 Å². The van der Waals surface area contributed by atoms with Crippen LogP contribution in [0.4, 0.5) is 0 Å². The molecule has 0 N–H and O–H groups in total. The summed E-state index contributed by atoms with van der Waals surface area (Å²) in [6.45, 7) is -1.57. The Labute approximate surface area is 99.7 Å². The lowest BCUT2D eigenvalue weighted by atomic mass is 10.8. The molecule has 0 radical (unpaired) electrons. The van der Waals surface area contributed by atoms with E-state index in [1.807, 2.05) is 0 Å². The normalized spacial score (nSPS) is 17.1. The largest absolute Gasteiger partial charge is 0.392 e. The maximum atomic E-state index is 11.4. The predicted octanol–water partition coefficient (Wildman–Crippen LogP) is -0.861. The minimum Gasteiger partial charge on any atom is -0.235 e. The molecule has 0 aromatic heterocycles. The molecular formula is C4H8N6O7P+. The molecule has 0 unspecified atom stereocenters. The van der Waals surface area contributed by atoms with Crippen LogP contribution in [0, 0.1) is 30.3 Å². The van der Waals surface area contributed by atoms with Gasteiger partial charge in [0.25, 0.3) is 12.6 Å². The fraction of sp³-hybridized carbons (Fsp3) is 1.00. The highest BCUT2D eigenvalue weighted by molar-refractivity contribution is 7.44. The van der Waals surface area contributed by atoms with Crippen molar-refractivity contribution in [1.82, 2.24) is 15.0 Å². The van der Waals surface area contributed by atoms with Gasteiger partial charge < -0.3 is 0 Å². The fourth-order valence-electron chi connectivity index (χ4n) is 1.23. The monoisotopic (exact) mass is 283 g/mol. The van der Waals surface area contributed by atoms with Gasteiger partial charge in [-0.25, -0.2) is 30.3 Å². The summed E-state index contributed by atoms with van der Waals surface area (Å²) in [7, 11) is -2.25. The zero-order valence-corrected chi connectivity index (χ0v) is 9.71. The zero-order valence-electron chi connectivity index (χ0n) is 8.82. The average Bonchev–Trinajstić information content (AvgIpc) is 2.20. The van der Waals surface area contributed by atoms with Crippen LogP contribution in [-0.2, 0) is 4.57 Å². The van der Waals surface area contributed by atoms with Gasteiger partial charge in [0, 0.05) is 0 Å². The molecule has 14 heteroatoms. The molecule has 1 saturated heterocycles. The first-order chi connectivity index (χ1) is 8.31. The molecule has 0 spiro atoms. The van der Waals surface area contributed by atoms with Crippen LogP contribution in [0.15, 0.2) is 0 Å². The highest BCUT2D eigenvalue weighted by Gasteiger charge is 2.42. The highest BCUT2D eigenvalue weighted by atomic mass is 31.1. The standard InChI is InChI=1S/C4H8N6O7P/c11-8(12)5-1-6(9(13)14)3-18(17)4-7(2-5)10(15)16/h1-4H2/q+1. The molecule has 1 aliphatic heterocycles. The van der Waals surface area contributed by atoms with E-state index >= 15 is 0 Å². The van der Waals surface area contributed by atoms with E-state index in [2.05, 4.69) is 0 Å². The molecule has 1 rings (SSSR count). The summed E-state index contributed by atoms with van der Waals surface area (Å²) >= 11 is 0. The summed E-state index contributed by atoms with van der Waals surface area (Å²) in [4.78, 5) is 31.7. The molecule has 0 aliphatic carbocycles. The Bertz CT molecular complexity index is 373. The van der Waals surface area contributed by atoms with E-state index in [1.54, 1.807) is 0 Å². The molecule has 0 aromatic rings. The molecule has 18 heavy (non-hydrogen) atoms. The van der Waals surface area contributed by atoms with Crippen molar-refractivity contribution in [2.45, 2.75) is 0 Å². The van der Waals surface area contributed by atoms with Gasteiger partial charge in [0.1, 0.15) is 0 Å². The van der Waals surface area contributed by atoms with Gasteiger partial charge in [0.05, 0.1) is 0 Å². The first-order valence-corrected chi connectivity index (χ1v) is 6.04. The van der Waals surface area contributed by atoms with Crippen molar-refractivity contribution in [3.8, 4) is 0 Å². The fourth-order valence-corrected chi connectivity index (χ4v) is 2.43. The van der Waals surface area contributed by atoms with Crippen LogP contribution in [0.1, 0.15) is 0 Å². The van der Waals surface area contributed by atoms with Gasteiger partial charge in [0.15, 0.2) is 15.1 Å². The third-order valence-corrected chi connectivity index (χ3v) is 3.27. The van der Waals surface area contributed by atoms with Crippen LogP contribution in [0.25, 0.3) is 0 Å². The Morgan fingerprint density at radius 2 is 1.11 bits per heavy atom. The second-order valence-corrected chi connectivity index (χ2v) is 4.81. The Balaban J connectivity index is 2.91. The summed E-state index contributed by atoms with van der Waals surface area (Å²) in [6, 6.07) is 0. The molecule has 0 amide bonds. The van der Waals surface area contributed by atoms with Crippen molar-refractivity contribution >= 4 is 7.80 Å². The maximum absolute atomic E-state index is 11.4. The molecule has 1 aliphatic rings. The van der Waals surface area contributed by atoms with E-state index in [4.69, 9.17) is 0 Å². The lowest BCUT2D eigenvalue weighted by Crippen LogP contribution is -2.51. The van der Waals surface area contributed by atoms with Crippen LogP contribution >= 0.6 is 7.80 Å². The Morgan fingerprint density at radius 1 is 0.778 bits per heavy atom. The van der Waals surface area contributed by atoms with Crippen LogP contribution in [0.5, 0.6) is 0 Å². The van der Waals surface area contributed by atoms with Crippen LogP contribution in [0.2, 0.25) is 0 Å². The Morgan fingerprint density at radius 3 is 1.39 bits per heavy atom. The summed E-state index contributed by atoms with van der Waals surface area (Å²) in [5.41, 5.74) is 0. The SMILES string of the molecule is O=[N+]([O-])N1CN([N+](=O)[O-])C[P+](=O)CN([N+](=O)[O-])C1. The second-order valence-electron chi connectivity index (χ2n) is 3.28. The lowest BCUT2D eigenvalue weighted by Gasteiger charge is -2.20. The zero-order chi connectivity index (χ0) is 13.9. The van der Waals surface area contributed by atoms with Crippen LogP contribution in [-0.4, -0.2) is 56.0 Å². The second kappa shape index (κ2) is 5.35. The van der Waals surface area contributed by atoms with Gasteiger partial charge in [-0.1, -0.05) is 19.6 Å². The van der Waals surface area contributed by atoms with E-state index in [0.29, 0.717) is 15.0 Å². The quantitative estimate of drug-likeness (QED) is 0.362. The van der Waals surface area contributed by atoms with Gasteiger partial charge >= 0.3 is 7.80 Å². The molecule has 0 bridgehead atoms. The van der Waals surface area contributed by atoms with Crippen molar-refractivity contribution < 1.29 is 19.7 Å². The topological polar surface area (TPSA) is 156 Å². The summed E-state index contributed by atoms with van der Waals surface area (Å²) in [5, 5.41) is 30.0. The predicted molar refractivity (Wildman–Crippen MR) is 53.6 cm³/mol. The molecule has 0 atom stereocenters. The van der Waals surface area contributed by atoms with E-state index in [9.17, 15) is 34.9 Å². The van der Waals surface area contributed by atoms with E-state index in [0.717, 1.165) is 0 Å². The van der Waals surface area contributed by atoms with E-state index < -0.39 is 48.8 Å². The van der Waals surface area contributed by atoms with Crippen molar-refractivity contribution in [1.29, 1.82) is 0 Å². The van der Waals surface area contributed by atoms with Crippen molar-refractivity contribution in [2.24, 2.45) is 0 Å². The number of nitro groups is 3. The molecular weight excluding hydrogens is 275 g/mol. The number of hydrogen-bond acceptors (Lipinski definition) is 7. The number of hydrogen-bond donors (Lipinski definition) is 0. The molecule has 100 valence electrons. The summed E-state index contributed by atoms with van der Waals surface area (Å²) in [6.07, 6.45) is -1.17. The number of hydrazine groups is 3. The molecule has 0 saturated carbocycles. The smallest absolute Gasteiger partial charge is 0.235 e. The van der Waals surface area contributed by atoms with Gasteiger partial charge in [0.2, 0.25) is 13.3 Å². The minimum absolute atomic E-state index is 0.300. The van der Waals surface area contributed by atoms with Crippen LogP contribution in [0.3, 0.4) is 0 Å². The van der Waals surface area contributed by atoms with Gasteiger partial charge in [-0.3, -0.25) is 0 Å². The maximum Gasteiger partial charge on any atom is 0.392 e. The first-order valence-electron chi connectivity index (χ1n) is 4.41. The number of nitrogens with zero attached hydrogens (tertiary/aromatic N) is 6. The van der Waals surface area contributed by atoms with E-state index in [1.165, 1.54) is 0 Å². The molecule has 1 fully saturated rings. The lowest BCUT2D eigenvalue weighted by molar-refractivity contribution is -0.735. The molecule has 13 nitrogen and oxygen atoms in total. The summed E-state index contributed by atoms with van der Waals surface area (Å²) < 4.78 is 11.4. The van der Waals surface area contributed by atoms with Gasteiger partial charge in [-0.15, -0.1) is 0 Å². The molecule has 1 heterocycles. The average molecular weight is 283 g/mol. The van der Waals surface area contributed by atoms with E-state index in [-0.39, 0.29) is 0 Å².